The Bertz CT molecular complexity index is 576. The molecule has 0 amide bonds. The Hall–Kier alpha value is -1.73. The number of aromatic nitrogens is 5. The van der Waals surface area contributed by atoms with E-state index in [1.807, 2.05) is 12.3 Å². The van der Waals surface area contributed by atoms with Crippen molar-refractivity contribution in [3.63, 3.8) is 0 Å². The molecular weight excluding hydrogens is 268 g/mol. The van der Waals surface area contributed by atoms with Crippen LogP contribution in [0.1, 0.15) is 31.4 Å². The van der Waals surface area contributed by atoms with Crippen LogP contribution in [0.25, 0.3) is 0 Å². The highest BCUT2D eigenvalue weighted by Gasteiger charge is 2.23. The zero-order chi connectivity index (χ0) is 14.8. The first-order valence-corrected chi connectivity index (χ1v) is 7.43. The summed E-state index contributed by atoms with van der Waals surface area (Å²) in [5, 5.41) is 22.9. The Morgan fingerprint density at radius 3 is 2.81 bits per heavy atom. The molecule has 3 rings (SSSR count). The lowest BCUT2D eigenvalue weighted by molar-refractivity contribution is 0.0808. The van der Waals surface area contributed by atoms with Crippen LogP contribution >= 0.6 is 0 Å². The molecule has 0 aromatic carbocycles. The van der Waals surface area contributed by atoms with Gasteiger partial charge in [-0.2, -0.15) is 5.10 Å². The van der Waals surface area contributed by atoms with Crippen LogP contribution in [0.5, 0.6) is 0 Å². The average molecular weight is 290 g/mol. The summed E-state index contributed by atoms with van der Waals surface area (Å²) in [5.41, 5.74) is 0. The molecule has 21 heavy (non-hydrogen) atoms. The molecule has 114 valence electrons. The zero-order valence-electron chi connectivity index (χ0n) is 12.6. The summed E-state index contributed by atoms with van der Waals surface area (Å²) in [7, 11) is 0. The molecule has 2 aromatic heterocycles. The summed E-state index contributed by atoms with van der Waals surface area (Å²) >= 11 is 0. The third kappa shape index (κ3) is 3.14. The van der Waals surface area contributed by atoms with Crippen molar-refractivity contribution in [1.82, 2.24) is 29.4 Å². The Labute approximate surface area is 124 Å². The van der Waals surface area contributed by atoms with E-state index >= 15 is 0 Å². The third-order valence-electron chi connectivity index (χ3n) is 3.80. The number of fused-ring (bicyclic) bond motifs is 1. The molecule has 0 aliphatic carbocycles. The van der Waals surface area contributed by atoms with Gasteiger partial charge in [0, 0.05) is 37.9 Å². The van der Waals surface area contributed by atoms with Gasteiger partial charge in [0.05, 0.1) is 19.2 Å². The normalized spacial score (nSPS) is 17.1. The Morgan fingerprint density at radius 2 is 2.10 bits per heavy atom. The minimum absolute atomic E-state index is 0.392. The number of nitrogens with zero attached hydrogens (tertiary/aromatic N) is 6. The number of rotatable bonds is 5. The molecule has 1 aliphatic heterocycles. The fourth-order valence-corrected chi connectivity index (χ4v) is 2.79. The maximum absolute atomic E-state index is 10.2. The minimum atomic E-state index is -0.427. The van der Waals surface area contributed by atoms with Crippen LogP contribution in [0.4, 0.5) is 0 Å². The van der Waals surface area contributed by atoms with Gasteiger partial charge in [-0.25, -0.2) is 0 Å². The van der Waals surface area contributed by atoms with Crippen LogP contribution in [0.15, 0.2) is 18.5 Å². The number of hydrogen-bond acceptors (Lipinski definition) is 5. The van der Waals surface area contributed by atoms with Crippen molar-refractivity contribution >= 4 is 0 Å². The largest absolute Gasteiger partial charge is 0.390 e. The van der Waals surface area contributed by atoms with Gasteiger partial charge in [0.15, 0.2) is 0 Å². The fourth-order valence-electron chi connectivity index (χ4n) is 2.79. The van der Waals surface area contributed by atoms with E-state index in [2.05, 4.69) is 38.6 Å². The van der Waals surface area contributed by atoms with Crippen molar-refractivity contribution in [2.45, 2.75) is 45.5 Å². The average Bonchev–Trinajstić information content (AvgIpc) is 3.06. The van der Waals surface area contributed by atoms with E-state index < -0.39 is 6.10 Å². The van der Waals surface area contributed by atoms with Gasteiger partial charge in [0.1, 0.15) is 11.6 Å². The lowest BCUT2D eigenvalue weighted by atomic mass is 10.2. The van der Waals surface area contributed by atoms with Gasteiger partial charge in [-0.15, -0.1) is 10.2 Å². The molecule has 1 aliphatic rings. The van der Waals surface area contributed by atoms with Gasteiger partial charge in [0.25, 0.3) is 0 Å². The van der Waals surface area contributed by atoms with E-state index in [1.54, 1.807) is 10.9 Å². The number of hydrogen-bond donors (Lipinski definition) is 1. The van der Waals surface area contributed by atoms with E-state index in [0.29, 0.717) is 19.0 Å². The van der Waals surface area contributed by atoms with Crippen molar-refractivity contribution in [3.05, 3.63) is 30.1 Å². The number of aliphatic hydroxyl groups excluding tert-OH is 1. The van der Waals surface area contributed by atoms with E-state index in [4.69, 9.17) is 0 Å². The SMILES string of the molecule is CC(C)c1nnc2n1CCN(CC(O)Cn1cccn1)C2. The van der Waals surface area contributed by atoms with Crippen LogP contribution in [-0.2, 0) is 19.6 Å². The molecule has 2 aromatic rings. The van der Waals surface area contributed by atoms with Crippen LogP contribution in [0.2, 0.25) is 0 Å². The predicted octanol–water partition coefficient (Wildman–Crippen LogP) is 0.475. The van der Waals surface area contributed by atoms with Gasteiger partial charge in [0.2, 0.25) is 0 Å². The molecule has 0 spiro atoms. The second kappa shape index (κ2) is 5.95. The highest BCUT2D eigenvalue weighted by molar-refractivity contribution is 5.02. The Kier molecular flexibility index (Phi) is 4.03. The van der Waals surface area contributed by atoms with Crippen molar-refractivity contribution in [1.29, 1.82) is 0 Å². The first-order valence-electron chi connectivity index (χ1n) is 7.43. The number of aliphatic hydroxyl groups is 1. The third-order valence-corrected chi connectivity index (χ3v) is 3.80. The first kappa shape index (κ1) is 14.2. The maximum Gasteiger partial charge on any atom is 0.147 e. The molecule has 7 heteroatoms. The molecule has 1 atom stereocenters. The van der Waals surface area contributed by atoms with Crippen molar-refractivity contribution in [2.24, 2.45) is 0 Å². The second-order valence-corrected chi connectivity index (χ2v) is 5.90. The highest BCUT2D eigenvalue weighted by Crippen LogP contribution is 2.18. The zero-order valence-corrected chi connectivity index (χ0v) is 12.6. The standard InChI is InChI=1S/C14H22N6O/c1-11(2)14-17-16-13-10-18(6-7-20(13)14)8-12(21)9-19-5-3-4-15-19/h3-5,11-12,21H,6-10H2,1-2H3. The first-order chi connectivity index (χ1) is 10.1. The quantitative estimate of drug-likeness (QED) is 0.867. The molecule has 7 nitrogen and oxygen atoms in total. The monoisotopic (exact) mass is 290 g/mol. The molecule has 0 fully saturated rings. The van der Waals surface area contributed by atoms with Gasteiger partial charge in [-0.05, 0) is 6.07 Å². The van der Waals surface area contributed by atoms with Crippen LogP contribution < -0.4 is 0 Å². The summed E-state index contributed by atoms with van der Waals surface area (Å²) in [6.07, 6.45) is 3.16. The summed E-state index contributed by atoms with van der Waals surface area (Å²) < 4.78 is 3.97. The van der Waals surface area contributed by atoms with E-state index in [0.717, 1.165) is 31.3 Å². The van der Waals surface area contributed by atoms with Crippen LogP contribution in [-0.4, -0.2) is 53.7 Å². The second-order valence-electron chi connectivity index (χ2n) is 5.90. The van der Waals surface area contributed by atoms with E-state index in [1.165, 1.54) is 0 Å². The molecule has 1 unspecified atom stereocenters. The lowest BCUT2D eigenvalue weighted by Gasteiger charge is -2.29. The van der Waals surface area contributed by atoms with Gasteiger partial charge in [-0.1, -0.05) is 13.8 Å². The minimum Gasteiger partial charge on any atom is -0.390 e. The molecule has 0 bridgehead atoms. The van der Waals surface area contributed by atoms with E-state index in [9.17, 15) is 5.11 Å². The van der Waals surface area contributed by atoms with Crippen LogP contribution in [0.3, 0.4) is 0 Å². The molecular formula is C14H22N6O. The summed E-state index contributed by atoms with van der Waals surface area (Å²) in [5.74, 6) is 2.45. The molecule has 0 saturated carbocycles. The molecule has 3 heterocycles. The van der Waals surface area contributed by atoms with Gasteiger partial charge in [-0.3, -0.25) is 9.58 Å². The summed E-state index contributed by atoms with van der Waals surface area (Å²) in [4.78, 5) is 2.22. The Balaban J connectivity index is 1.59. The van der Waals surface area contributed by atoms with Crippen molar-refractivity contribution < 1.29 is 5.11 Å². The highest BCUT2D eigenvalue weighted by atomic mass is 16.3. The van der Waals surface area contributed by atoms with Crippen LogP contribution in [0, 0.1) is 0 Å². The smallest absolute Gasteiger partial charge is 0.147 e. The number of β-amino-alcohol motifs (C(OH)–C–C–N with tert-alkyl or cyclic N) is 1. The summed E-state index contributed by atoms with van der Waals surface area (Å²) in [6, 6.07) is 1.86. The van der Waals surface area contributed by atoms with Gasteiger partial charge < -0.3 is 9.67 Å². The van der Waals surface area contributed by atoms with Crippen molar-refractivity contribution in [3.8, 4) is 0 Å². The predicted molar refractivity (Wildman–Crippen MR) is 77.6 cm³/mol. The molecule has 0 radical (unpaired) electrons. The fraction of sp³-hybridized carbons (Fsp3) is 0.643. The topological polar surface area (TPSA) is 72.0 Å². The van der Waals surface area contributed by atoms with Gasteiger partial charge >= 0.3 is 0 Å². The van der Waals surface area contributed by atoms with E-state index in [-0.39, 0.29) is 0 Å². The molecule has 1 N–H and O–H groups in total. The van der Waals surface area contributed by atoms with Crippen molar-refractivity contribution in [2.75, 3.05) is 13.1 Å². The lowest BCUT2D eigenvalue weighted by Crippen LogP contribution is -2.40. The maximum atomic E-state index is 10.2. The Morgan fingerprint density at radius 1 is 1.24 bits per heavy atom. The molecule has 0 saturated heterocycles. The summed E-state index contributed by atoms with van der Waals surface area (Å²) in [6.45, 7) is 7.98.